The number of nitrogens with zero attached hydrogens (tertiary/aromatic N) is 4. The molecule has 5 rings (SSSR count). The Hall–Kier alpha value is -4.19. The summed E-state index contributed by atoms with van der Waals surface area (Å²) in [5.74, 6) is -0.874. The fourth-order valence-electron chi connectivity index (χ4n) is 5.31. The zero-order chi connectivity index (χ0) is 30.5. The molecule has 1 saturated heterocycles. The Bertz CT molecular complexity index is 1690. The molecular weight excluding hydrogens is 543 g/mol. The SMILES string of the molecule is Cc1nc2c(cc1OC(C)C)c(C(N)=O)c(NC(=O)OC(C)(C)C)n2-c1c(C)c(F)cc2c1cnn2C1CCCCO1. The van der Waals surface area contributed by atoms with Gasteiger partial charge >= 0.3 is 6.09 Å². The number of fused-ring (bicyclic) bond motifs is 2. The van der Waals surface area contributed by atoms with Gasteiger partial charge in [-0.1, -0.05) is 0 Å². The van der Waals surface area contributed by atoms with E-state index in [1.807, 2.05) is 13.8 Å². The molecule has 224 valence electrons. The van der Waals surface area contributed by atoms with E-state index in [0.717, 1.165) is 19.3 Å². The van der Waals surface area contributed by atoms with E-state index in [2.05, 4.69) is 10.4 Å². The van der Waals surface area contributed by atoms with Crippen molar-refractivity contribution < 1.29 is 28.2 Å². The molecule has 1 atom stereocenters. The monoisotopic (exact) mass is 580 g/mol. The number of hydrogen-bond donors (Lipinski definition) is 2. The summed E-state index contributed by atoms with van der Waals surface area (Å²) in [5.41, 5.74) is 7.00. The normalized spacial score (nSPS) is 15.9. The molecule has 0 saturated carbocycles. The van der Waals surface area contributed by atoms with Crippen molar-refractivity contribution in [1.29, 1.82) is 0 Å². The third-order valence-electron chi connectivity index (χ3n) is 7.03. The number of ether oxygens (including phenoxy) is 3. The highest BCUT2D eigenvalue weighted by molar-refractivity contribution is 6.14. The minimum atomic E-state index is -0.829. The van der Waals surface area contributed by atoms with Crippen molar-refractivity contribution in [3.63, 3.8) is 0 Å². The topological polar surface area (TPSA) is 136 Å². The molecule has 3 N–H and O–H groups in total. The maximum atomic E-state index is 15.7. The second kappa shape index (κ2) is 10.9. The number of primary amides is 1. The second-order valence-corrected chi connectivity index (χ2v) is 11.8. The Morgan fingerprint density at radius 1 is 1.19 bits per heavy atom. The van der Waals surface area contributed by atoms with Gasteiger partial charge in [0.25, 0.3) is 5.91 Å². The molecule has 3 aromatic heterocycles. The van der Waals surface area contributed by atoms with E-state index in [-0.39, 0.29) is 34.9 Å². The van der Waals surface area contributed by atoms with Crippen LogP contribution in [-0.2, 0) is 9.47 Å². The Kier molecular flexibility index (Phi) is 7.61. The molecule has 1 fully saturated rings. The Balaban J connectivity index is 1.85. The van der Waals surface area contributed by atoms with E-state index in [9.17, 15) is 9.59 Å². The van der Waals surface area contributed by atoms with Crippen LogP contribution in [0.2, 0.25) is 0 Å². The number of amides is 2. The first kappa shape index (κ1) is 29.3. The molecule has 0 aliphatic carbocycles. The summed E-state index contributed by atoms with van der Waals surface area (Å²) >= 11 is 0. The van der Waals surface area contributed by atoms with Crippen LogP contribution in [0, 0.1) is 19.7 Å². The zero-order valence-corrected chi connectivity index (χ0v) is 25.0. The van der Waals surface area contributed by atoms with E-state index in [1.54, 1.807) is 56.1 Å². The van der Waals surface area contributed by atoms with Crippen molar-refractivity contribution in [1.82, 2.24) is 19.3 Å². The summed E-state index contributed by atoms with van der Waals surface area (Å²) in [6.45, 7) is 12.9. The number of nitrogens with one attached hydrogen (secondary N) is 1. The molecule has 1 unspecified atom stereocenters. The lowest BCUT2D eigenvalue weighted by Gasteiger charge is -2.24. The molecule has 1 aromatic carbocycles. The van der Waals surface area contributed by atoms with Crippen LogP contribution >= 0.6 is 0 Å². The number of carbonyl (C=O) groups excluding carboxylic acids is 2. The van der Waals surface area contributed by atoms with Crippen LogP contribution in [0.3, 0.4) is 0 Å². The molecule has 0 spiro atoms. The van der Waals surface area contributed by atoms with Crippen molar-refractivity contribution in [3.8, 4) is 11.4 Å². The molecule has 1 aliphatic rings. The number of benzene rings is 1. The lowest BCUT2D eigenvalue weighted by molar-refractivity contribution is -0.0366. The molecule has 12 heteroatoms. The van der Waals surface area contributed by atoms with Gasteiger partial charge in [-0.15, -0.1) is 0 Å². The van der Waals surface area contributed by atoms with Crippen LogP contribution in [0.25, 0.3) is 27.6 Å². The van der Waals surface area contributed by atoms with Crippen molar-refractivity contribution >= 4 is 39.8 Å². The number of nitrogens with two attached hydrogens (primary N) is 1. The van der Waals surface area contributed by atoms with Crippen LogP contribution in [-0.4, -0.2) is 49.6 Å². The first-order chi connectivity index (χ1) is 19.8. The van der Waals surface area contributed by atoms with E-state index in [0.29, 0.717) is 40.0 Å². The van der Waals surface area contributed by atoms with Gasteiger partial charge in [0, 0.05) is 29.0 Å². The summed E-state index contributed by atoms with van der Waals surface area (Å²) < 4.78 is 36.4. The van der Waals surface area contributed by atoms with Crippen LogP contribution in [0.15, 0.2) is 18.3 Å². The molecule has 2 amide bonds. The van der Waals surface area contributed by atoms with Gasteiger partial charge < -0.3 is 19.9 Å². The molecule has 1 aliphatic heterocycles. The molecule has 0 radical (unpaired) electrons. The zero-order valence-electron chi connectivity index (χ0n) is 25.0. The van der Waals surface area contributed by atoms with Crippen LogP contribution in [0.5, 0.6) is 5.75 Å². The number of carbonyl (C=O) groups is 2. The first-order valence-corrected chi connectivity index (χ1v) is 14.1. The van der Waals surface area contributed by atoms with Crippen molar-refractivity contribution in [3.05, 3.63) is 41.0 Å². The third kappa shape index (κ3) is 5.38. The quantitative estimate of drug-likeness (QED) is 0.283. The number of aryl methyl sites for hydroxylation is 1. The van der Waals surface area contributed by atoms with Crippen LogP contribution < -0.4 is 15.8 Å². The first-order valence-electron chi connectivity index (χ1n) is 14.1. The van der Waals surface area contributed by atoms with Gasteiger partial charge in [0.15, 0.2) is 6.23 Å². The fourth-order valence-corrected chi connectivity index (χ4v) is 5.31. The number of rotatable bonds is 6. The van der Waals surface area contributed by atoms with Gasteiger partial charge in [-0.25, -0.2) is 18.9 Å². The highest BCUT2D eigenvalue weighted by Gasteiger charge is 2.31. The summed E-state index contributed by atoms with van der Waals surface area (Å²) in [6.07, 6.45) is 2.96. The van der Waals surface area contributed by atoms with Crippen LogP contribution in [0.4, 0.5) is 15.0 Å². The smallest absolute Gasteiger partial charge is 0.413 e. The number of hydrogen-bond acceptors (Lipinski definition) is 7. The second-order valence-electron chi connectivity index (χ2n) is 11.8. The Labute approximate surface area is 243 Å². The van der Waals surface area contributed by atoms with E-state index in [4.69, 9.17) is 24.9 Å². The van der Waals surface area contributed by atoms with Crippen molar-refractivity contribution in [2.45, 2.75) is 85.7 Å². The van der Waals surface area contributed by atoms with Gasteiger partial charge in [-0.05, 0) is 73.8 Å². The molecule has 42 heavy (non-hydrogen) atoms. The number of pyridine rings is 1. The van der Waals surface area contributed by atoms with E-state index >= 15 is 4.39 Å². The van der Waals surface area contributed by atoms with E-state index in [1.165, 1.54) is 6.07 Å². The average molecular weight is 581 g/mol. The minimum Gasteiger partial charge on any atom is -0.489 e. The highest BCUT2D eigenvalue weighted by atomic mass is 19.1. The molecule has 0 bridgehead atoms. The average Bonchev–Trinajstić information content (AvgIpc) is 3.43. The van der Waals surface area contributed by atoms with Crippen LogP contribution in [0.1, 0.15) is 81.7 Å². The Morgan fingerprint density at radius 3 is 2.55 bits per heavy atom. The summed E-state index contributed by atoms with van der Waals surface area (Å²) in [6, 6.07) is 3.09. The lowest BCUT2D eigenvalue weighted by Crippen LogP contribution is -2.29. The summed E-state index contributed by atoms with van der Waals surface area (Å²) in [4.78, 5) is 30.9. The predicted octanol–water partition coefficient (Wildman–Crippen LogP) is 6.06. The van der Waals surface area contributed by atoms with Gasteiger partial charge in [-0.3, -0.25) is 14.7 Å². The molecule has 11 nitrogen and oxygen atoms in total. The summed E-state index contributed by atoms with van der Waals surface area (Å²) in [5, 5.41) is 8.19. The number of aromatic nitrogens is 4. The minimum absolute atomic E-state index is 0.00277. The lowest BCUT2D eigenvalue weighted by atomic mass is 10.1. The fraction of sp³-hybridized carbons (Fsp3) is 0.467. The molecule has 4 heterocycles. The van der Waals surface area contributed by atoms with Gasteiger partial charge in [-0.2, -0.15) is 5.10 Å². The Morgan fingerprint density at radius 2 is 1.93 bits per heavy atom. The third-order valence-corrected chi connectivity index (χ3v) is 7.03. The molecule has 4 aromatic rings. The van der Waals surface area contributed by atoms with Crippen molar-refractivity contribution in [2.24, 2.45) is 5.73 Å². The van der Waals surface area contributed by atoms with Crippen molar-refractivity contribution in [2.75, 3.05) is 11.9 Å². The maximum Gasteiger partial charge on any atom is 0.413 e. The molecular formula is C30H37FN6O5. The highest BCUT2D eigenvalue weighted by Crippen LogP contribution is 2.40. The maximum absolute atomic E-state index is 15.7. The predicted molar refractivity (Wildman–Crippen MR) is 157 cm³/mol. The number of anilines is 1. The summed E-state index contributed by atoms with van der Waals surface area (Å²) in [7, 11) is 0. The van der Waals surface area contributed by atoms with Gasteiger partial charge in [0.05, 0.1) is 34.8 Å². The standard InChI is InChI=1S/C30H37FN6O5/c1-15(2)41-22-12-18-24(26(32)38)28(35-29(39)42-30(5,6)7)36(27(18)34-17(22)4)25-16(3)20(31)13-21-19(25)14-33-37(21)23-10-8-9-11-40-23/h12-15,23H,8-11H2,1-7H3,(H2,32,38)(H,35,39). The van der Waals surface area contributed by atoms with Gasteiger partial charge in [0.1, 0.15) is 28.6 Å². The number of halogens is 1. The largest absolute Gasteiger partial charge is 0.489 e. The van der Waals surface area contributed by atoms with E-state index < -0.39 is 23.4 Å². The van der Waals surface area contributed by atoms with Gasteiger partial charge in [0.2, 0.25) is 0 Å².